The van der Waals surface area contributed by atoms with E-state index >= 15 is 0 Å². The van der Waals surface area contributed by atoms with Gasteiger partial charge in [-0.25, -0.2) is 9.97 Å². The molecule has 3 heterocycles. The van der Waals surface area contributed by atoms with Gasteiger partial charge in [0.2, 0.25) is 0 Å². The van der Waals surface area contributed by atoms with Gasteiger partial charge >= 0.3 is 0 Å². The number of anilines is 2. The highest BCUT2D eigenvalue weighted by molar-refractivity contribution is 5.72. The number of hydrogen-bond donors (Lipinski definition) is 1. The Hall–Kier alpha value is -2.66. The minimum atomic E-state index is -0.167. The van der Waals surface area contributed by atoms with E-state index in [1.165, 1.54) is 5.56 Å². The van der Waals surface area contributed by atoms with Gasteiger partial charge in [-0.15, -0.1) is 0 Å². The van der Waals surface area contributed by atoms with E-state index < -0.39 is 0 Å². The number of aliphatic hydroxyl groups is 1. The van der Waals surface area contributed by atoms with Gasteiger partial charge in [0, 0.05) is 17.6 Å². The molecule has 0 bridgehead atoms. The normalized spacial score (nSPS) is 16.3. The lowest BCUT2D eigenvalue weighted by atomic mass is 10.1. The van der Waals surface area contributed by atoms with Crippen molar-refractivity contribution in [1.82, 2.24) is 14.5 Å². The molecular weight excluding hydrogens is 276 g/mol. The molecule has 1 N–H and O–H groups in total. The minimum Gasteiger partial charge on any atom is -0.394 e. The summed E-state index contributed by atoms with van der Waals surface area (Å²) in [5.41, 5.74) is 4.15. The summed E-state index contributed by atoms with van der Waals surface area (Å²) in [5.74, 6) is 0.809. The third-order valence-electron chi connectivity index (χ3n) is 4.05. The number of benzene rings is 1. The first-order valence-corrected chi connectivity index (χ1v) is 7.24. The predicted molar refractivity (Wildman–Crippen MR) is 84.5 cm³/mol. The summed E-state index contributed by atoms with van der Waals surface area (Å²) in [6.07, 6.45) is 5.33. The van der Waals surface area contributed by atoms with Crippen molar-refractivity contribution in [1.29, 1.82) is 0 Å². The Kier molecular flexibility index (Phi) is 2.94. The molecule has 0 saturated carbocycles. The summed E-state index contributed by atoms with van der Waals surface area (Å²) in [6.45, 7) is 2.08. The fraction of sp³-hybridized carbons (Fsp3) is 0.176. The van der Waals surface area contributed by atoms with Gasteiger partial charge in [-0.3, -0.25) is 0 Å². The molecule has 110 valence electrons. The zero-order valence-corrected chi connectivity index (χ0v) is 12.2. The van der Waals surface area contributed by atoms with Crippen molar-refractivity contribution in [2.45, 2.75) is 13.0 Å². The average molecular weight is 292 g/mol. The SMILES string of the molecule is Cc1cccc(N2c3ncncc3-n3cccc3C2CO)c1. The van der Waals surface area contributed by atoms with E-state index in [1.807, 2.05) is 41.2 Å². The molecule has 5 nitrogen and oxygen atoms in total. The summed E-state index contributed by atoms with van der Waals surface area (Å²) in [6, 6.07) is 12.1. The van der Waals surface area contributed by atoms with Gasteiger partial charge in [0.05, 0.1) is 18.8 Å². The molecule has 1 atom stereocenters. The van der Waals surface area contributed by atoms with Gasteiger partial charge in [0.15, 0.2) is 5.82 Å². The highest BCUT2D eigenvalue weighted by Gasteiger charge is 2.32. The first kappa shape index (κ1) is 13.0. The maximum Gasteiger partial charge on any atom is 0.161 e. The number of rotatable bonds is 2. The molecule has 1 aliphatic heterocycles. The van der Waals surface area contributed by atoms with Crippen molar-refractivity contribution < 1.29 is 5.11 Å². The van der Waals surface area contributed by atoms with E-state index in [2.05, 4.69) is 33.9 Å². The monoisotopic (exact) mass is 292 g/mol. The Bertz CT molecular complexity index is 827. The van der Waals surface area contributed by atoms with E-state index in [9.17, 15) is 5.11 Å². The van der Waals surface area contributed by atoms with Crippen LogP contribution in [0.15, 0.2) is 55.1 Å². The van der Waals surface area contributed by atoms with Crippen LogP contribution in [0.5, 0.6) is 0 Å². The van der Waals surface area contributed by atoms with Gasteiger partial charge in [-0.2, -0.15) is 0 Å². The number of hydrogen-bond acceptors (Lipinski definition) is 4. The second-order valence-corrected chi connectivity index (χ2v) is 5.44. The summed E-state index contributed by atoms with van der Waals surface area (Å²) in [4.78, 5) is 10.7. The smallest absolute Gasteiger partial charge is 0.161 e. The summed E-state index contributed by atoms with van der Waals surface area (Å²) < 4.78 is 2.04. The van der Waals surface area contributed by atoms with Gasteiger partial charge < -0.3 is 14.6 Å². The van der Waals surface area contributed by atoms with Gasteiger partial charge in [-0.05, 0) is 36.8 Å². The second-order valence-electron chi connectivity index (χ2n) is 5.44. The maximum absolute atomic E-state index is 9.98. The highest BCUT2D eigenvalue weighted by Crippen LogP contribution is 2.41. The van der Waals surface area contributed by atoms with E-state index in [0.29, 0.717) is 0 Å². The fourth-order valence-corrected chi connectivity index (χ4v) is 3.09. The lowest BCUT2D eigenvalue weighted by Gasteiger charge is -2.37. The lowest BCUT2D eigenvalue weighted by molar-refractivity contribution is 0.261. The molecule has 0 saturated heterocycles. The third kappa shape index (κ3) is 1.83. The molecule has 5 heteroatoms. The molecule has 2 aromatic heterocycles. The third-order valence-corrected chi connectivity index (χ3v) is 4.05. The molecule has 0 aliphatic carbocycles. The zero-order valence-electron chi connectivity index (χ0n) is 12.2. The molecule has 1 aromatic carbocycles. The average Bonchev–Trinajstić information content (AvgIpc) is 3.03. The van der Waals surface area contributed by atoms with Crippen molar-refractivity contribution in [3.05, 3.63) is 66.4 Å². The van der Waals surface area contributed by atoms with Gasteiger partial charge in [-0.1, -0.05) is 12.1 Å². The topological polar surface area (TPSA) is 54.2 Å². The molecule has 3 aromatic rings. The van der Waals surface area contributed by atoms with Crippen molar-refractivity contribution in [3.8, 4) is 5.69 Å². The maximum atomic E-state index is 9.98. The van der Waals surface area contributed by atoms with Crippen LogP contribution in [0.25, 0.3) is 5.69 Å². The van der Waals surface area contributed by atoms with Crippen LogP contribution < -0.4 is 4.90 Å². The number of aryl methyl sites for hydroxylation is 1. The number of aliphatic hydroxyl groups excluding tert-OH is 1. The molecule has 1 unspecified atom stereocenters. The highest BCUT2D eigenvalue weighted by atomic mass is 16.3. The van der Waals surface area contributed by atoms with Crippen molar-refractivity contribution >= 4 is 11.5 Å². The summed E-state index contributed by atoms with van der Waals surface area (Å²) >= 11 is 0. The van der Waals surface area contributed by atoms with Gasteiger partial charge in [0.25, 0.3) is 0 Å². The molecule has 1 aliphatic rings. The van der Waals surface area contributed by atoms with E-state index in [1.54, 1.807) is 6.33 Å². The predicted octanol–water partition coefficient (Wildman–Crippen LogP) is 2.76. The van der Waals surface area contributed by atoms with Crippen molar-refractivity contribution in [2.24, 2.45) is 0 Å². The fourth-order valence-electron chi connectivity index (χ4n) is 3.09. The lowest BCUT2D eigenvalue weighted by Crippen LogP contribution is -2.33. The number of fused-ring (bicyclic) bond motifs is 3. The first-order valence-electron chi connectivity index (χ1n) is 7.24. The van der Waals surface area contributed by atoms with Crippen LogP contribution in [0.2, 0.25) is 0 Å². The Morgan fingerprint density at radius 2 is 2.14 bits per heavy atom. The van der Waals surface area contributed by atoms with Crippen LogP contribution in [0.1, 0.15) is 17.3 Å². The van der Waals surface area contributed by atoms with Crippen LogP contribution in [-0.2, 0) is 0 Å². The Morgan fingerprint density at radius 3 is 2.95 bits per heavy atom. The molecule has 0 amide bonds. The molecule has 0 fully saturated rings. The van der Waals surface area contributed by atoms with Crippen LogP contribution in [0.3, 0.4) is 0 Å². The molecule has 0 spiro atoms. The molecule has 22 heavy (non-hydrogen) atoms. The van der Waals surface area contributed by atoms with Crippen LogP contribution in [-0.4, -0.2) is 26.2 Å². The summed E-state index contributed by atoms with van der Waals surface area (Å²) in [5, 5.41) is 9.98. The standard InChI is InChI=1S/C17H16N4O/c1-12-4-2-5-13(8-12)21-16(10-22)14-6-3-7-20(14)15-9-18-11-19-17(15)21/h2-9,11,16,22H,10H2,1H3. The quantitative estimate of drug-likeness (QED) is 0.789. The Labute approximate surface area is 128 Å². The van der Waals surface area contributed by atoms with Crippen molar-refractivity contribution in [3.63, 3.8) is 0 Å². The Balaban J connectivity index is 1.97. The molecule has 0 radical (unpaired) electrons. The number of nitrogens with zero attached hydrogens (tertiary/aromatic N) is 4. The number of aromatic nitrogens is 3. The van der Waals surface area contributed by atoms with Crippen LogP contribution in [0, 0.1) is 6.92 Å². The van der Waals surface area contributed by atoms with Crippen LogP contribution >= 0.6 is 0 Å². The van der Waals surface area contributed by atoms with E-state index in [0.717, 1.165) is 22.9 Å². The van der Waals surface area contributed by atoms with Crippen molar-refractivity contribution in [2.75, 3.05) is 11.5 Å². The largest absolute Gasteiger partial charge is 0.394 e. The molecular formula is C17H16N4O. The summed E-state index contributed by atoms with van der Waals surface area (Å²) in [7, 11) is 0. The Morgan fingerprint density at radius 1 is 1.23 bits per heavy atom. The minimum absolute atomic E-state index is 0.0153. The van der Waals surface area contributed by atoms with E-state index in [-0.39, 0.29) is 12.6 Å². The first-order chi connectivity index (χ1) is 10.8. The molecule has 4 rings (SSSR count). The van der Waals surface area contributed by atoms with Gasteiger partial charge in [0.1, 0.15) is 12.0 Å². The zero-order chi connectivity index (χ0) is 15.1. The van der Waals surface area contributed by atoms with E-state index in [4.69, 9.17) is 0 Å². The van der Waals surface area contributed by atoms with Crippen LogP contribution in [0.4, 0.5) is 11.5 Å². The second kappa shape index (κ2) is 4.96.